The zero-order valence-electron chi connectivity index (χ0n) is 4.18. The van der Waals surface area contributed by atoms with E-state index >= 15 is 0 Å². The Morgan fingerprint density at radius 3 is 2.88 bits per heavy atom. The smallest absolute Gasteiger partial charge is 0.108 e. The van der Waals surface area contributed by atoms with Gasteiger partial charge in [0.15, 0.2) is 0 Å². The second-order valence-electron chi connectivity index (χ2n) is 1.32. The summed E-state index contributed by atoms with van der Waals surface area (Å²) >= 11 is 0. The second-order valence-corrected chi connectivity index (χ2v) is 1.32. The van der Waals surface area contributed by atoms with E-state index < -0.39 is 0 Å². The number of hydrogen-bond acceptors (Lipinski definition) is 1. The molecule has 0 saturated heterocycles. The van der Waals surface area contributed by atoms with Crippen molar-refractivity contribution < 1.29 is 0 Å². The van der Waals surface area contributed by atoms with E-state index in [0.717, 1.165) is 0 Å². The number of rotatable bonds is 0. The van der Waals surface area contributed by atoms with Crippen molar-refractivity contribution in [1.29, 1.82) is 5.26 Å². The summed E-state index contributed by atoms with van der Waals surface area (Å²) in [6.45, 7) is 0. The molecule has 36 valence electrons. The van der Waals surface area contributed by atoms with Crippen LogP contribution in [0.1, 0.15) is 0 Å². The van der Waals surface area contributed by atoms with Crippen molar-refractivity contribution >= 4 is 0 Å². The molecular weight excluding hydrogens is 98.1 g/mol. The average Bonchev–Trinajstić information content (AvgIpc) is 1.90. The lowest BCUT2D eigenvalue weighted by Gasteiger charge is -1.78. The molecule has 1 heteroatoms. The first kappa shape index (κ1) is 4.68. The van der Waals surface area contributed by atoms with E-state index in [4.69, 9.17) is 5.26 Å². The Bertz CT molecular complexity index is 251. The van der Waals surface area contributed by atoms with E-state index in [1.807, 2.05) is 6.07 Å². The first-order valence-electron chi connectivity index (χ1n) is 2.22. The summed E-state index contributed by atoms with van der Waals surface area (Å²) in [5.74, 6) is 0. The van der Waals surface area contributed by atoms with Crippen molar-refractivity contribution in [2.45, 2.75) is 0 Å². The molecule has 1 rings (SSSR count). The van der Waals surface area contributed by atoms with E-state index in [1.54, 1.807) is 18.2 Å². The maximum absolute atomic E-state index is 8.24. The molecule has 0 radical (unpaired) electrons. The van der Waals surface area contributed by atoms with Crippen molar-refractivity contribution in [3.8, 4) is 6.07 Å². The summed E-state index contributed by atoms with van der Waals surface area (Å²) in [6, 6.07) is 1.94. The topological polar surface area (TPSA) is 23.8 Å². The molecular formula is C7H3N. The Balaban J connectivity index is 3.17. The molecule has 0 aromatic rings. The molecule has 0 spiro atoms. The summed E-state index contributed by atoms with van der Waals surface area (Å²) in [5.41, 5.74) is 5.83. The van der Waals surface area contributed by atoms with Crippen molar-refractivity contribution in [2.24, 2.45) is 0 Å². The molecule has 0 aromatic heterocycles. The molecule has 0 N–H and O–H groups in total. The third kappa shape index (κ3) is 0.776. The van der Waals surface area contributed by atoms with Crippen LogP contribution in [-0.2, 0) is 0 Å². The van der Waals surface area contributed by atoms with E-state index in [9.17, 15) is 0 Å². The molecule has 0 aromatic carbocycles. The molecule has 1 aliphatic rings. The van der Waals surface area contributed by atoms with Gasteiger partial charge in [-0.1, -0.05) is 17.5 Å². The van der Waals surface area contributed by atoms with Crippen LogP contribution in [-0.4, -0.2) is 0 Å². The Labute approximate surface area is 47.6 Å². The first-order valence-corrected chi connectivity index (χ1v) is 2.22. The number of nitrogens with zero attached hydrogens (tertiary/aromatic N) is 1. The van der Waals surface area contributed by atoms with Crippen molar-refractivity contribution in [3.63, 3.8) is 0 Å². The number of hydrogen-bond donors (Lipinski definition) is 0. The van der Waals surface area contributed by atoms with Crippen LogP contribution >= 0.6 is 0 Å². The van der Waals surface area contributed by atoms with Gasteiger partial charge >= 0.3 is 0 Å². The fraction of sp³-hybridized carbons (Fsp3) is 0. The van der Waals surface area contributed by atoms with Gasteiger partial charge in [-0.25, -0.2) is 0 Å². The second kappa shape index (κ2) is 2.00. The fourth-order valence-corrected chi connectivity index (χ4v) is 0.419. The van der Waals surface area contributed by atoms with Crippen LogP contribution in [0.15, 0.2) is 35.3 Å². The van der Waals surface area contributed by atoms with Crippen LogP contribution in [0.3, 0.4) is 0 Å². The van der Waals surface area contributed by atoms with Gasteiger partial charge in [-0.3, -0.25) is 0 Å². The Morgan fingerprint density at radius 1 is 1.62 bits per heavy atom. The highest BCUT2D eigenvalue weighted by molar-refractivity contribution is 5.36. The van der Waals surface area contributed by atoms with Crippen LogP contribution in [0.5, 0.6) is 0 Å². The normalized spacial score (nSPS) is 13.1. The fourth-order valence-electron chi connectivity index (χ4n) is 0.419. The Morgan fingerprint density at radius 2 is 2.50 bits per heavy atom. The largest absolute Gasteiger partial charge is 0.192 e. The predicted octanol–water partition coefficient (Wildman–Crippen LogP) is 1.32. The number of allylic oxidation sites excluding steroid dienone is 4. The maximum Gasteiger partial charge on any atom is 0.108 e. The lowest BCUT2D eigenvalue weighted by atomic mass is 10.2. The highest BCUT2D eigenvalue weighted by atomic mass is 14.2. The van der Waals surface area contributed by atoms with Gasteiger partial charge in [0.2, 0.25) is 0 Å². The minimum Gasteiger partial charge on any atom is -0.192 e. The molecule has 0 bridgehead atoms. The van der Waals surface area contributed by atoms with E-state index in [-0.39, 0.29) is 0 Å². The molecule has 0 amide bonds. The van der Waals surface area contributed by atoms with Crippen molar-refractivity contribution in [3.05, 3.63) is 35.3 Å². The molecule has 1 aliphatic carbocycles. The molecule has 0 atom stereocenters. The molecule has 0 aliphatic heterocycles. The maximum atomic E-state index is 8.24. The SMILES string of the molecule is N#CC1=C=C=CC=C1. The van der Waals surface area contributed by atoms with E-state index in [1.165, 1.54) is 0 Å². The summed E-state index contributed by atoms with van der Waals surface area (Å²) in [6.07, 6.45) is 5.16. The lowest BCUT2D eigenvalue weighted by molar-refractivity contribution is 1.50. The predicted molar refractivity (Wildman–Crippen MR) is 29.9 cm³/mol. The van der Waals surface area contributed by atoms with Crippen LogP contribution in [0, 0.1) is 11.3 Å². The van der Waals surface area contributed by atoms with Gasteiger partial charge in [-0.15, -0.1) is 0 Å². The summed E-state index contributed by atoms with van der Waals surface area (Å²) in [7, 11) is 0. The van der Waals surface area contributed by atoms with Gasteiger partial charge in [0.05, 0.1) is 0 Å². The quantitative estimate of drug-likeness (QED) is 0.422. The van der Waals surface area contributed by atoms with Crippen LogP contribution in [0.2, 0.25) is 0 Å². The Kier molecular flexibility index (Phi) is 1.17. The summed E-state index contributed by atoms with van der Waals surface area (Å²) < 4.78 is 0. The number of nitriles is 1. The first-order chi connectivity index (χ1) is 3.93. The highest BCUT2D eigenvalue weighted by Crippen LogP contribution is 1.94. The third-order valence-corrected chi connectivity index (χ3v) is 0.770. The molecule has 1 nitrogen and oxygen atoms in total. The van der Waals surface area contributed by atoms with E-state index in [0.29, 0.717) is 5.57 Å². The monoisotopic (exact) mass is 101 g/mol. The summed E-state index contributed by atoms with van der Waals surface area (Å²) in [4.78, 5) is 0. The molecule has 0 unspecified atom stereocenters. The third-order valence-electron chi connectivity index (χ3n) is 0.770. The van der Waals surface area contributed by atoms with Crippen molar-refractivity contribution in [1.82, 2.24) is 0 Å². The molecule has 0 fully saturated rings. The van der Waals surface area contributed by atoms with Gasteiger partial charge < -0.3 is 0 Å². The van der Waals surface area contributed by atoms with Crippen molar-refractivity contribution in [2.75, 3.05) is 0 Å². The average molecular weight is 101 g/mol. The van der Waals surface area contributed by atoms with Crippen LogP contribution in [0.25, 0.3) is 0 Å². The van der Waals surface area contributed by atoms with Gasteiger partial charge in [0, 0.05) is 0 Å². The zero-order valence-corrected chi connectivity index (χ0v) is 4.18. The lowest BCUT2D eigenvalue weighted by Crippen LogP contribution is -1.66. The highest BCUT2D eigenvalue weighted by Gasteiger charge is 1.83. The van der Waals surface area contributed by atoms with Gasteiger partial charge in [-0.2, -0.15) is 5.26 Å². The van der Waals surface area contributed by atoms with Crippen LogP contribution in [0.4, 0.5) is 0 Å². The molecule has 8 heavy (non-hydrogen) atoms. The molecule has 0 saturated carbocycles. The minimum atomic E-state index is 0.535. The Hall–Kier alpha value is -1.47. The standard InChI is InChI=1S/C7H3N/c8-6-7-4-2-1-3-5-7/h1-2,4H. The van der Waals surface area contributed by atoms with Gasteiger partial charge in [0.25, 0.3) is 0 Å². The minimum absolute atomic E-state index is 0.535. The van der Waals surface area contributed by atoms with E-state index in [2.05, 4.69) is 11.5 Å². The summed E-state index contributed by atoms with van der Waals surface area (Å²) in [5, 5.41) is 8.24. The molecule has 0 heterocycles. The zero-order chi connectivity index (χ0) is 5.82. The van der Waals surface area contributed by atoms with Crippen LogP contribution < -0.4 is 0 Å². The van der Waals surface area contributed by atoms with Gasteiger partial charge in [0.1, 0.15) is 11.6 Å². The van der Waals surface area contributed by atoms with Gasteiger partial charge in [-0.05, 0) is 12.2 Å².